The molecular weight excluding hydrogens is 226 g/mol. The van der Waals surface area contributed by atoms with Crippen LogP contribution in [0, 0.1) is 4.91 Å². The molecule has 0 unspecified atom stereocenters. The number of guanidine groups is 1. The lowest BCUT2D eigenvalue weighted by Crippen LogP contribution is -2.33. The van der Waals surface area contributed by atoms with E-state index in [1.54, 1.807) is 13.2 Å². The normalized spacial score (nSPS) is 11.1. The average molecular weight is 234 g/mol. The van der Waals surface area contributed by atoms with Gasteiger partial charge in [0.2, 0.25) is 5.96 Å². The Morgan fingerprint density at radius 1 is 1.79 bits per heavy atom. The number of aliphatic imine (C=N–C) groups is 1. The topological polar surface area (TPSA) is 78.7 Å². The first-order valence-electron chi connectivity index (χ1n) is 3.65. The van der Waals surface area contributed by atoms with Gasteiger partial charge in [0.15, 0.2) is 4.47 Å². The third-order valence-corrected chi connectivity index (χ3v) is 2.45. The van der Waals surface area contributed by atoms with Gasteiger partial charge in [0, 0.05) is 18.1 Å². The van der Waals surface area contributed by atoms with E-state index < -0.39 is 0 Å². The molecule has 1 heterocycles. The summed E-state index contributed by atoms with van der Waals surface area (Å²) in [5.74, 6) is 0.310. The van der Waals surface area contributed by atoms with E-state index in [9.17, 15) is 4.91 Å². The zero-order valence-electron chi connectivity index (χ0n) is 7.32. The first-order valence-corrected chi connectivity index (χ1v) is 4.85. The van der Waals surface area contributed by atoms with E-state index in [0.717, 1.165) is 4.88 Å². The van der Waals surface area contributed by atoms with Crippen LogP contribution in [0.5, 0.6) is 0 Å². The Balaban J connectivity index is 2.43. The van der Waals surface area contributed by atoms with E-state index in [1.807, 2.05) is 0 Å². The molecule has 14 heavy (non-hydrogen) atoms. The molecule has 0 aromatic carbocycles. The summed E-state index contributed by atoms with van der Waals surface area (Å²) in [6.07, 6.45) is 1.65. The van der Waals surface area contributed by atoms with Crippen molar-refractivity contribution in [2.24, 2.45) is 10.3 Å². The molecule has 0 saturated carbocycles. The number of hydrogen-bond donors (Lipinski definition) is 2. The van der Waals surface area contributed by atoms with Crippen LogP contribution in [0.2, 0.25) is 4.47 Å². The predicted octanol–water partition coefficient (Wildman–Crippen LogP) is 1.14. The number of nitrogens with one attached hydrogen (secondary N) is 2. The summed E-state index contributed by atoms with van der Waals surface area (Å²) in [5, 5.41) is 5.35. The maximum atomic E-state index is 9.88. The molecule has 1 aromatic heterocycles. The van der Waals surface area contributed by atoms with Crippen LogP contribution in [0.15, 0.2) is 16.5 Å². The Labute approximate surface area is 89.3 Å². The Bertz CT molecular complexity index is 339. The van der Waals surface area contributed by atoms with Crippen LogP contribution < -0.4 is 10.7 Å². The highest BCUT2D eigenvalue weighted by Gasteiger charge is 2.00. The van der Waals surface area contributed by atoms with E-state index in [0.29, 0.717) is 17.0 Å². The SMILES string of the molecule is CN=C(NCc1cnc(Cl)s1)NN=O. The van der Waals surface area contributed by atoms with E-state index in [1.165, 1.54) is 11.3 Å². The number of halogens is 1. The quantitative estimate of drug-likeness (QED) is 0.355. The fraction of sp³-hybridized carbons (Fsp3) is 0.333. The van der Waals surface area contributed by atoms with Gasteiger partial charge in [0.25, 0.3) is 0 Å². The largest absolute Gasteiger partial charge is 0.350 e. The summed E-state index contributed by atoms with van der Waals surface area (Å²) >= 11 is 6.99. The van der Waals surface area contributed by atoms with Gasteiger partial charge in [-0.2, -0.15) is 0 Å². The predicted molar refractivity (Wildman–Crippen MR) is 56.3 cm³/mol. The summed E-state index contributed by atoms with van der Waals surface area (Å²) < 4.78 is 0.484. The average Bonchev–Trinajstić information content (AvgIpc) is 2.59. The van der Waals surface area contributed by atoms with Gasteiger partial charge in [0.1, 0.15) is 0 Å². The van der Waals surface area contributed by atoms with Crippen LogP contribution in [0.3, 0.4) is 0 Å². The Kier molecular flexibility index (Phi) is 4.27. The minimum atomic E-state index is 0.310. The lowest BCUT2D eigenvalue weighted by Gasteiger charge is -2.03. The van der Waals surface area contributed by atoms with Crippen molar-refractivity contribution in [3.8, 4) is 0 Å². The smallest absolute Gasteiger partial charge is 0.214 e. The van der Waals surface area contributed by atoms with Crippen LogP contribution in [0.1, 0.15) is 4.88 Å². The fourth-order valence-electron chi connectivity index (χ4n) is 0.748. The number of hydrogen-bond acceptors (Lipinski definition) is 5. The van der Waals surface area contributed by atoms with Crippen LogP contribution in [0.4, 0.5) is 0 Å². The molecule has 6 nitrogen and oxygen atoms in total. The summed E-state index contributed by atoms with van der Waals surface area (Å²) in [6, 6.07) is 0. The molecule has 0 atom stereocenters. The van der Waals surface area contributed by atoms with Crippen molar-refractivity contribution in [2.75, 3.05) is 7.05 Å². The first kappa shape index (κ1) is 10.9. The van der Waals surface area contributed by atoms with Gasteiger partial charge in [0.05, 0.1) is 11.8 Å². The minimum absolute atomic E-state index is 0.310. The second-order valence-electron chi connectivity index (χ2n) is 2.21. The molecule has 0 aliphatic carbocycles. The summed E-state index contributed by atoms with van der Waals surface area (Å²) in [6.45, 7) is 0.500. The molecule has 0 radical (unpaired) electrons. The molecule has 1 rings (SSSR count). The van der Waals surface area contributed by atoms with Crippen LogP contribution in [-0.2, 0) is 6.54 Å². The van der Waals surface area contributed by atoms with Crippen LogP contribution in [-0.4, -0.2) is 18.0 Å². The molecular formula is C6H8ClN5OS. The number of nitroso groups, excluding NO2 is 1. The molecule has 8 heteroatoms. The van der Waals surface area contributed by atoms with E-state index in [4.69, 9.17) is 11.6 Å². The summed E-state index contributed by atoms with van der Waals surface area (Å²) in [5.41, 5.74) is 2.17. The monoisotopic (exact) mass is 233 g/mol. The molecule has 0 amide bonds. The maximum absolute atomic E-state index is 9.88. The summed E-state index contributed by atoms with van der Waals surface area (Å²) in [4.78, 5) is 18.4. The molecule has 0 bridgehead atoms. The number of aromatic nitrogens is 1. The Morgan fingerprint density at radius 2 is 2.57 bits per heavy atom. The third-order valence-electron chi connectivity index (χ3n) is 1.33. The standard InChI is InChI=1S/C6H8ClN5OS/c1-8-6(11-12-13)10-3-4-2-9-5(7)14-4/h2H,3H2,1H3,(H2,8,10,11,13). The van der Waals surface area contributed by atoms with Gasteiger partial charge in [-0.15, -0.1) is 16.2 Å². The van der Waals surface area contributed by atoms with Crippen molar-refractivity contribution in [3.05, 3.63) is 20.4 Å². The first-order chi connectivity index (χ1) is 6.76. The van der Waals surface area contributed by atoms with Crippen molar-refractivity contribution in [1.29, 1.82) is 0 Å². The van der Waals surface area contributed by atoms with Crippen molar-refractivity contribution < 1.29 is 0 Å². The highest BCUT2D eigenvalue weighted by atomic mass is 35.5. The van der Waals surface area contributed by atoms with Crippen molar-refractivity contribution >= 4 is 28.9 Å². The second kappa shape index (κ2) is 5.51. The highest BCUT2D eigenvalue weighted by Crippen LogP contribution is 2.16. The molecule has 76 valence electrons. The van der Waals surface area contributed by atoms with Gasteiger partial charge in [-0.3, -0.25) is 4.99 Å². The maximum Gasteiger partial charge on any atom is 0.214 e. The van der Waals surface area contributed by atoms with Crippen LogP contribution >= 0.6 is 22.9 Å². The third kappa shape index (κ3) is 3.27. The van der Waals surface area contributed by atoms with Crippen LogP contribution in [0.25, 0.3) is 0 Å². The zero-order chi connectivity index (χ0) is 10.4. The van der Waals surface area contributed by atoms with Crippen molar-refractivity contribution in [1.82, 2.24) is 15.7 Å². The van der Waals surface area contributed by atoms with E-state index in [-0.39, 0.29) is 0 Å². The van der Waals surface area contributed by atoms with Gasteiger partial charge >= 0.3 is 0 Å². The lowest BCUT2D eigenvalue weighted by molar-refractivity contribution is 0.845. The number of rotatable bonds is 3. The number of thiazole rings is 1. The van der Waals surface area contributed by atoms with Crippen molar-refractivity contribution in [2.45, 2.75) is 6.54 Å². The molecule has 0 spiro atoms. The zero-order valence-corrected chi connectivity index (χ0v) is 8.89. The second-order valence-corrected chi connectivity index (χ2v) is 3.91. The highest BCUT2D eigenvalue weighted by molar-refractivity contribution is 7.15. The molecule has 2 N–H and O–H groups in total. The molecule has 0 aliphatic heterocycles. The lowest BCUT2D eigenvalue weighted by atomic mass is 10.5. The Hall–Kier alpha value is -1.21. The molecule has 0 saturated heterocycles. The molecule has 1 aromatic rings. The summed E-state index contributed by atoms with van der Waals surface area (Å²) in [7, 11) is 1.54. The Morgan fingerprint density at radius 3 is 3.07 bits per heavy atom. The van der Waals surface area contributed by atoms with Gasteiger partial charge in [-0.1, -0.05) is 11.6 Å². The number of nitrogens with zero attached hydrogens (tertiary/aromatic N) is 3. The van der Waals surface area contributed by atoms with E-state index >= 15 is 0 Å². The molecule has 0 fully saturated rings. The van der Waals surface area contributed by atoms with Gasteiger partial charge in [-0.25, -0.2) is 10.4 Å². The van der Waals surface area contributed by atoms with Gasteiger partial charge in [-0.05, 0) is 0 Å². The molecule has 0 aliphatic rings. The minimum Gasteiger partial charge on any atom is -0.350 e. The van der Waals surface area contributed by atoms with Crippen molar-refractivity contribution in [3.63, 3.8) is 0 Å². The van der Waals surface area contributed by atoms with E-state index in [2.05, 4.69) is 26.0 Å². The fourth-order valence-corrected chi connectivity index (χ4v) is 1.67. The van der Waals surface area contributed by atoms with Gasteiger partial charge < -0.3 is 5.32 Å².